The first kappa shape index (κ1) is 15.3. The Kier molecular flexibility index (Phi) is 4.44. The summed E-state index contributed by atoms with van der Waals surface area (Å²) in [7, 11) is 0. The molecule has 0 radical (unpaired) electrons. The van der Waals surface area contributed by atoms with Gasteiger partial charge in [-0.3, -0.25) is 4.79 Å². The Balaban J connectivity index is 2.42. The topological polar surface area (TPSA) is 106 Å². The van der Waals surface area contributed by atoms with Gasteiger partial charge in [-0.25, -0.2) is 9.18 Å². The molecule has 0 aromatic heterocycles. The Morgan fingerprint density at radius 3 is 2.95 bits per heavy atom. The molecule has 1 aliphatic heterocycles. The van der Waals surface area contributed by atoms with Gasteiger partial charge in [0.25, 0.3) is 0 Å². The number of carboxylic acid groups (broad SMARTS) is 1. The second kappa shape index (κ2) is 6.11. The SMILES string of the molecule is [N-]=[N+]=NCC1CC(=O)N(c2c(F)ccc(Br)c2C(=O)O)C1. The van der Waals surface area contributed by atoms with E-state index in [1.54, 1.807) is 0 Å². The van der Waals surface area contributed by atoms with Gasteiger partial charge in [-0.1, -0.05) is 5.11 Å². The van der Waals surface area contributed by atoms with Gasteiger partial charge in [-0.2, -0.15) is 0 Å². The van der Waals surface area contributed by atoms with Crippen molar-refractivity contribution in [2.45, 2.75) is 6.42 Å². The maximum Gasteiger partial charge on any atom is 0.339 e. The summed E-state index contributed by atoms with van der Waals surface area (Å²) in [4.78, 5) is 27.0. The molecule has 7 nitrogen and oxygen atoms in total. The number of aromatic carboxylic acids is 1. The van der Waals surface area contributed by atoms with Gasteiger partial charge in [0.1, 0.15) is 11.4 Å². The molecule has 1 saturated heterocycles. The van der Waals surface area contributed by atoms with Crippen molar-refractivity contribution in [1.82, 2.24) is 0 Å². The van der Waals surface area contributed by atoms with E-state index in [1.165, 1.54) is 6.07 Å². The van der Waals surface area contributed by atoms with Crippen LogP contribution in [0.25, 0.3) is 10.4 Å². The lowest BCUT2D eigenvalue weighted by Crippen LogP contribution is -2.28. The summed E-state index contributed by atoms with van der Waals surface area (Å²) in [5.74, 6) is -2.77. The quantitative estimate of drug-likeness (QED) is 0.509. The predicted octanol–water partition coefficient (Wildman–Crippen LogP) is 2.95. The molecule has 110 valence electrons. The molecule has 0 saturated carbocycles. The number of halogens is 2. The Morgan fingerprint density at radius 1 is 1.62 bits per heavy atom. The van der Waals surface area contributed by atoms with Crippen LogP contribution < -0.4 is 4.90 Å². The van der Waals surface area contributed by atoms with Crippen LogP contribution in [0.5, 0.6) is 0 Å². The van der Waals surface area contributed by atoms with Crippen LogP contribution in [0.15, 0.2) is 21.7 Å². The summed E-state index contributed by atoms with van der Waals surface area (Å²) in [5.41, 5.74) is 7.73. The minimum absolute atomic E-state index is 0.0873. The van der Waals surface area contributed by atoms with Gasteiger partial charge in [0.15, 0.2) is 0 Å². The monoisotopic (exact) mass is 356 g/mol. The zero-order valence-electron chi connectivity index (χ0n) is 10.7. The summed E-state index contributed by atoms with van der Waals surface area (Å²) in [6.07, 6.45) is 0.0873. The third-order valence-corrected chi connectivity index (χ3v) is 3.83. The normalized spacial score (nSPS) is 17.7. The van der Waals surface area contributed by atoms with E-state index >= 15 is 0 Å². The molecule has 1 N–H and O–H groups in total. The predicted molar refractivity (Wildman–Crippen MR) is 75.5 cm³/mol. The van der Waals surface area contributed by atoms with Crippen LogP contribution in [0.2, 0.25) is 0 Å². The van der Waals surface area contributed by atoms with Crippen LogP contribution in [-0.4, -0.2) is 30.1 Å². The largest absolute Gasteiger partial charge is 0.478 e. The number of amides is 1. The van der Waals surface area contributed by atoms with Gasteiger partial charge in [-0.05, 0) is 39.5 Å². The highest BCUT2D eigenvalue weighted by molar-refractivity contribution is 9.10. The number of carboxylic acids is 1. The maximum absolute atomic E-state index is 14.0. The van der Waals surface area contributed by atoms with Crippen LogP contribution in [-0.2, 0) is 4.79 Å². The summed E-state index contributed by atoms with van der Waals surface area (Å²) in [6, 6.07) is 2.38. The Hall–Kier alpha value is -2.12. The van der Waals surface area contributed by atoms with Crippen molar-refractivity contribution in [2.24, 2.45) is 11.0 Å². The molecular formula is C12H10BrFN4O3. The van der Waals surface area contributed by atoms with E-state index in [2.05, 4.69) is 26.0 Å². The zero-order valence-corrected chi connectivity index (χ0v) is 12.2. The molecule has 21 heavy (non-hydrogen) atoms. The first-order chi connectivity index (χ1) is 9.95. The molecule has 1 heterocycles. The van der Waals surface area contributed by atoms with Crippen molar-refractivity contribution in [3.05, 3.63) is 38.4 Å². The number of hydrogen-bond donors (Lipinski definition) is 1. The zero-order chi connectivity index (χ0) is 15.6. The molecule has 0 bridgehead atoms. The molecule has 1 amide bonds. The van der Waals surface area contributed by atoms with E-state index in [-0.39, 0.29) is 41.2 Å². The van der Waals surface area contributed by atoms with Gasteiger partial charge in [0.05, 0.1) is 5.69 Å². The number of rotatable bonds is 4. The second-order valence-corrected chi connectivity index (χ2v) is 5.40. The molecule has 2 rings (SSSR count). The molecule has 0 spiro atoms. The van der Waals surface area contributed by atoms with Gasteiger partial charge < -0.3 is 10.0 Å². The summed E-state index contributed by atoms with van der Waals surface area (Å²) < 4.78 is 14.2. The second-order valence-electron chi connectivity index (χ2n) is 4.55. The Morgan fingerprint density at radius 2 is 2.33 bits per heavy atom. The third kappa shape index (κ3) is 2.98. The van der Waals surface area contributed by atoms with Crippen molar-refractivity contribution in [2.75, 3.05) is 18.0 Å². The molecule has 1 aromatic carbocycles. The minimum Gasteiger partial charge on any atom is -0.478 e. The van der Waals surface area contributed by atoms with E-state index in [0.717, 1.165) is 11.0 Å². The molecule has 0 aliphatic carbocycles. The highest BCUT2D eigenvalue weighted by atomic mass is 79.9. The lowest BCUT2D eigenvalue weighted by molar-refractivity contribution is -0.117. The fraction of sp³-hybridized carbons (Fsp3) is 0.333. The lowest BCUT2D eigenvalue weighted by atomic mass is 10.1. The van der Waals surface area contributed by atoms with Crippen LogP contribution in [0.3, 0.4) is 0 Å². The number of anilines is 1. The molecular weight excluding hydrogens is 347 g/mol. The highest BCUT2D eigenvalue weighted by Gasteiger charge is 2.35. The number of azide groups is 1. The Bertz CT molecular complexity index is 660. The average molecular weight is 357 g/mol. The molecule has 1 atom stereocenters. The maximum atomic E-state index is 14.0. The molecule has 9 heteroatoms. The van der Waals surface area contributed by atoms with Crippen molar-refractivity contribution >= 4 is 33.5 Å². The summed E-state index contributed by atoms with van der Waals surface area (Å²) >= 11 is 3.05. The van der Waals surface area contributed by atoms with Gasteiger partial charge >= 0.3 is 5.97 Å². The van der Waals surface area contributed by atoms with E-state index in [0.29, 0.717) is 0 Å². The minimum atomic E-state index is -1.33. The molecule has 1 unspecified atom stereocenters. The van der Waals surface area contributed by atoms with Crippen LogP contribution in [0.1, 0.15) is 16.8 Å². The van der Waals surface area contributed by atoms with Crippen LogP contribution in [0, 0.1) is 11.7 Å². The van der Waals surface area contributed by atoms with Crippen molar-refractivity contribution in [3.8, 4) is 0 Å². The Labute approximate surface area is 127 Å². The fourth-order valence-corrected chi connectivity index (χ4v) is 2.77. The highest BCUT2D eigenvalue weighted by Crippen LogP contribution is 2.34. The molecule has 1 aliphatic rings. The number of hydrogen-bond acceptors (Lipinski definition) is 3. The summed E-state index contributed by atoms with van der Waals surface area (Å²) in [5, 5.41) is 12.6. The van der Waals surface area contributed by atoms with Gasteiger partial charge in [-0.15, -0.1) is 0 Å². The molecule has 1 fully saturated rings. The fourth-order valence-electron chi connectivity index (χ4n) is 2.28. The smallest absolute Gasteiger partial charge is 0.339 e. The van der Waals surface area contributed by atoms with Crippen molar-refractivity contribution in [1.29, 1.82) is 0 Å². The van der Waals surface area contributed by atoms with Crippen LogP contribution >= 0.6 is 15.9 Å². The standard InChI is InChI=1S/C12H10BrFN4O3/c13-7-1-2-8(14)11(10(7)12(20)21)18-5-6(3-9(18)19)4-16-17-15/h1-2,6H,3-5H2,(H,20,21). The van der Waals surface area contributed by atoms with E-state index in [4.69, 9.17) is 5.53 Å². The first-order valence-electron chi connectivity index (χ1n) is 5.98. The average Bonchev–Trinajstić information content (AvgIpc) is 2.79. The van der Waals surface area contributed by atoms with Gasteiger partial charge in [0, 0.05) is 28.9 Å². The van der Waals surface area contributed by atoms with Crippen molar-refractivity contribution in [3.63, 3.8) is 0 Å². The van der Waals surface area contributed by atoms with Crippen molar-refractivity contribution < 1.29 is 19.1 Å². The van der Waals surface area contributed by atoms with Crippen LogP contribution in [0.4, 0.5) is 10.1 Å². The number of carbonyl (C=O) groups is 2. The van der Waals surface area contributed by atoms with E-state index in [9.17, 15) is 19.1 Å². The number of carbonyl (C=O) groups excluding carboxylic acids is 1. The lowest BCUT2D eigenvalue weighted by Gasteiger charge is -2.20. The van der Waals surface area contributed by atoms with E-state index in [1.807, 2.05) is 0 Å². The summed E-state index contributed by atoms with van der Waals surface area (Å²) in [6.45, 7) is 0.224. The van der Waals surface area contributed by atoms with Gasteiger partial charge in [0.2, 0.25) is 5.91 Å². The van der Waals surface area contributed by atoms with E-state index < -0.39 is 17.7 Å². The molecule has 1 aromatic rings. The third-order valence-electron chi connectivity index (χ3n) is 3.17. The number of nitrogens with zero attached hydrogens (tertiary/aromatic N) is 4. The number of benzene rings is 1. The first-order valence-corrected chi connectivity index (χ1v) is 6.77.